The van der Waals surface area contributed by atoms with Crippen LogP contribution in [-0.2, 0) is 13.0 Å². The average Bonchev–Trinajstić information content (AvgIpc) is 3.75. The Morgan fingerprint density at radius 3 is 2.77 bits per heavy atom. The van der Waals surface area contributed by atoms with Crippen molar-refractivity contribution in [2.24, 2.45) is 5.92 Å². The first-order valence-corrected chi connectivity index (χ1v) is 17.3. The van der Waals surface area contributed by atoms with Crippen molar-refractivity contribution in [2.75, 3.05) is 42.6 Å². The summed E-state index contributed by atoms with van der Waals surface area (Å²) in [4.78, 5) is 17.4. The van der Waals surface area contributed by atoms with Crippen LogP contribution in [0, 0.1) is 5.92 Å². The summed E-state index contributed by atoms with van der Waals surface area (Å²) >= 11 is 3.76. The van der Waals surface area contributed by atoms with Crippen LogP contribution in [-0.4, -0.2) is 82.6 Å². The van der Waals surface area contributed by atoms with Crippen molar-refractivity contribution >= 4 is 38.2 Å². The van der Waals surface area contributed by atoms with Gasteiger partial charge in [-0.15, -0.1) is 0 Å². The number of alkyl halides is 1. The maximum atomic E-state index is 14.9. The minimum absolute atomic E-state index is 0.248. The predicted octanol–water partition coefficient (Wildman–Crippen LogP) is 5.34. The summed E-state index contributed by atoms with van der Waals surface area (Å²) in [5.74, 6) is 1.93. The molecule has 1 aromatic heterocycles. The number of phenols is 1. The standard InChI is InChI=1S/C34H40BrFN6O2/c35-27-5-1-3-20-11-25(43)12-30(31(20)27)40-10-9-26-28(18-40)38-33(39-32(26)41-16-23-7-8-24(17-41)37-23)44-19-34-13-21-4-2-6-29(21)42(34)15-22(36)14-34/h1,3,5,11-12,21-24,29,37,43H,2,4,6-10,13-19H2/t21-,22-,23?,24?,29-,34-/m1/s1. The number of halogens is 2. The van der Waals surface area contributed by atoms with E-state index in [1.165, 1.54) is 37.7 Å². The van der Waals surface area contributed by atoms with Crippen molar-refractivity contribution in [1.82, 2.24) is 20.2 Å². The molecule has 0 amide bonds. The highest BCUT2D eigenvalue weighted by Gasteiger charge is 2.58. The molecule has 5 fully saturated rings. The summed E-state index contributed by atoms with van der Waals surface area (Å²) in [6.45, 7) is 4.27. The highest BCUT2D eigenvalue weighted by atomic mass is 79.9. The fourth-order valence-electron chi connectivity index (χ4n) is 9.73. The smallest absolute Gasteiger partial charge is 0.318 e. The van der Waals surface area contributed by atoms with Gasteiger partial charge < -0.3 is 25.0 Å². The fourth-order valence-corrected chi connectivity index (χ4v) is 10.3. The lowest BCUT2D eigenvalue weighted by Crippen LogP contribution is -2.52. The number of fused-ring (bicyclic) bond motifs is 7. The molecule has 232 valence electrons. The molecule has 2 N–H and O–H groups in total. The lowest BCUT2D eigenvalue weighted by molar-refractivity contribution is 0.0829. The van der Waals surface area contributed by atoms with Crippen LogP contribution in [0.25, 0.3) is 10.8 Å². The van der Waals surface area contributed by atoms with Gasteiger partial charge in [-0.25, -0.2) is 4.39 Å². The van der Waals surface area contributed by atoms with Crippen LogP contribution in [0.1, 0.15) is 56.2 Å². The lowest BCUT2D eigenvalue weighted by Gasteiger charge is -2.38. The minimum atomic E-state index is -0.790. The fraction of sp³-hybridized carbons (Fsp3) is 0.588. The zero-order valence-electron chi connectivity index (χ0n) is 25.0. The zero-order chi connectivity index (χ0) is 29.6. The second-order valence-electron chi connectivity index (χ2n) is 14.2. The van der Waals surface area contributed by atoms with Gasteiger partial charge in [-0.1, -0.05) is 34.5 Å². The number of piperazine rings is 1. The molecule has 0 spiro atoms. The third-order valence-electron chi connectivity index (χ3n) is 11.5. The number of aromatic hydroxyl groups is 1. The number of ether oxygens (including phenoxy) is 1. The number of nitrogens with one attached hydrogen (secondary N) is 1. The van der Waals surface area contributed by atoms with Crippen LogP contribution < -0.4 is 19.9 Å². The van der Waals surface area contributed by atoms with Crippen molar-refractivity contribution in [3.63, 3.8) is 0 Å². The summed E-state index contributed by atoms with van der Waals surface area (Å²) in [6.07, 6.45) is 7.69. The summed E-state index contributed by atoms with van der Waals surface area (Å²) in [6, 6.07) is 11.7. The Morgan fingerprint density at radius 1 is 1.05 bits per heavy atom. The Labute approximate surface area is 266 Å². The summed E-state index contributed by atoms with van der Waals surface area (Å²) in [7, 11) is 0. The first-order valence-electron chi connectivity index (χ1n) is 16.5. The number of hydrogen-bond acceptors (Lipinski definition) is 8. The van der Waals surface area contributed by atoms with E-state index in [0.717, 1.165) is 64.9 Å². The van der Waals surface area contributed by atoms with Gasteiger partial charge in [0.05, 0.1) is 17.8 Å². The van der Waals surface area contributed by atoms with Gasteiger partial charge in [0.2, 0.25) is 0 Å². The quantitative estimate of drug-likeness (QED) is 0.380. The van der Waals surface area contributed by atoms with E-state index in [-0.39, 0.29) is 11.3 Å². The number of phenolic OH excluding ortho intramolecular Hbond substituents is 1. The molecule has 2 bridgehead atoms. The van der Waals surface area contributed by atoms with Gasteiger partial charge in [0.15, 0.2) is 0 Å². The SMILES string of the molecule is Oc1cc(N2CCc3c(nc(OC[C@@]45C[C@@H](F)CN4[C@@H]4CCC[C@@H]4C5)nc3N3CC4CCC(C3)N4)C2)c2c(Br)cccc2c1. The molecule has 6 atom stereocenters. The van der Waals surface area contributed by atoms with Gasteiger partial charge in [0.25, 0.3) is 0 Å². The van der Waals surface area contributed by atoms with Crippen molar-refractivity contribution in [3.8, 4) is 11.8 Å². The summed E-state index contributed by atoms with van der Waals surface area (Å²) in [5.41, 5.74) is 2.94. The highest BCUT2D eigenvalue weighted by molar-refractivity contribution is 9.10. The van der Waals surface area contributed by atoms with Gasteiger partial charge in [0.1, 0.15) is 24.3 Å². The van der Waals surface area contributed by atoms with Gasteiger partial charge >= 0.3 is 6.01 Å². The maximum Gasteiger partial charge on any atom is 0.318 e. The Morgan fingerprint density at radius 2 is 1.91 bits per heavy atom. The lowest BCUT2D eigenvalue weighted by atomic mass is 9.89. The van der Waals surface area contributed by atoms with Crippen molar-refractivity contribution in [2.45, 2.75) is 87.7 Å². The molecule has 44 heavy (non-hydrogen) atoms. The van der Waals surface area contributed by atoms with Gasteiger partial charge in [0, 0.05) is 77.9 Å². The van der Waals surface area contributed by atoms with Crippen LogP contribution in [0.3, 0.4) is 0 Å². The summed E-state index contributed by atoms with van der Waals surface area (Å²) < 4.78 is 22.5. The molecule has 3 aromatic rings. The van der Waals surface area contributed by atoms with Crippen molar-refractivity contribution < 1.29 is 14.2 Å². The Kier molecular flexibility index (Phi) is 6.54. The number of benzene rings is 2. The number of nitrogens with zero attached hydrogens (tertiary/aromatic N) is 5. The molecular weight excluding hydrogens is 623 g/mol. The molecule has 9 rings (SSSR count). The molecule has 4 saturated heterocycles. The first kappa shape index (κ1) is 27.6. The van der Waals surface area contributed by atoms with E-state index in [4.69, 9.17) is 14.7 Å². The molecule has 5 aliphatic heterocycles. The first-order chi connectivity index (χ1) is 21.4. The van der Waals surface area contributed by atoms with E-state index in [2.05, 4.69) is 42.0 Å². The molecule has 1 saturated carbocycles. The number of rotatable bonds is 5. The van der Waals surface area contributed by atoms with E-state index >= 15 is 0 Å². The normalized spacial score (nSPS) is 32.7. The van der Waals surface area contributed by atoms with Crippen LogP contribution >= 0.6 is 15.9 Å². The third kappa shape index (κ3) is 4.49. The van der Waals surface area contributed by atoms with Gasteiger partial charge in [-0.2, -0.15) is 9.97 Å². The van der Waals surface area contributed by atoms with Crippen molar-refractivity contribution in [1.29, 1.82) is 0 Å². The Hall–Kier alpha value is -2.69. The predicted molar refractivity (Wildman–Crippen MR) is 172 cm³/mol. The van der Waals surface area contributed by atoms with E-state index in [9.17, 15) is 9.50 Å². The minimum Gasteiger partial charge on any atom is -0.508 e. The summed E-state index contributed by atoms with van der Waals surface area (Å²) in [5, 5.41) is 16.5. The monoisotopic (exact) mass is 662 g/mol. The molecule has 10 heteroatoms. The Bertz CT molecular complexity index is 1610. The van der Waals surface area contributed by atoms with Gasteiger partial charge in [-0.05, 0) is 62.0 Å². The number of aromatic nitrogens is 2. The molecule has 0 radical (unpaired) electrons. The molecule has 1 aliphatic carbocycles. The average molecular weight is 664 g/mol. The van der Waals surface area contributed by atoms with Crippen LogP contribution in [0.15, 0.2) is 34.8 Å². The maximum absolute atomic E-state index is 14.9. The number of hydrogen-bond donors (Lipinski definition) is 2. The highest BCUT2D eigenvalue weighted by Crippen LogP contribution is 2.52. The largest absolute Gasteiger partial charge is 0.508 e. The number of anilines is 2. The molecule has 2 unspecified atom stereocenters. The Balaban J connectivity index is 1.07. The second-order valence-corrected chi connectivity index (χ2v) is 15.1. The topological polar surface area (TPSA) is 77.0 Å². The van der Waals surface area contributed by atoms with E-state index < -0.39 is 6.17 Å². The third-order valence-corrected chi connectivity index (χ3v) is 12.2. The van der Waals surface area contributed by atoms with E-state index in [0.29, 0.717) is 56.2 Å². The van der Waals surface area contributed by atoms with Crippen LogP contribution in [0.4, 0.5) is 15.9 Å². The van der Waals surface area contributed by atoms with E-state index in [1.807, 2.05) is 24.3 Å². The van der Waals surface area contributed by atoms with E-state index in [1.54, 1.807) is 0 Å². The molecule has 6 heterocycles. The molecule has 6 aliphatic rings. The van der Waals surface area contributed by atoms with Crippen molar-refractivity contribution in [3.05, 3.63) is 46.1 Å². The van der Waals surface area contributed by atoms with Gasteiger partial charge in [-0.3, -0.25) is 4.90 Å². The molecule has 2 aromatic carbocycles. The second kappa shape index (κ2) is 10.4. The van der Waals surface area contributed by atoms with Crippen LogP contribution in [0.2, 0.25) is 0 Å². The zero-order valence-corrected chi connectivity index (χ0v) is 26.6. The molecular formula is C34H40BrFN6O2. The molecule has 8 nitrogen and oxygen atoms in total. The van der Waals surface area contributed by atoms with Crippen LogP contribution in [0.5, 0.6) is 11.8 Å².